The van der Waals surface area contributed by atoms with E-state index in [1.807, 2.05) is 37.3 Å². The van der Waals surface area contributed by atoms with E-state index in [0.717, 1.165) is 33.7 Å². The molecular formula is C23H27N3O2. The van der Waals surface area contributed by atoms with Crippen LogP contribution in [-0.4, -0.2) is 22.1 Å². The smallest absolute Gasteiger partial charge is 0.246 e. The van der Waals surface area contributed by atoms with Gasteiger partial charge in [0.1, 0.15) is 18.2 Å². The van der Waals surface area contributed by atoms with E-state index >= 15 is 0 Å². The molecule has 0 saturated carbocycles. The minimum Gasteiger partial charge on any atom is -0.491 e. The zero-order chi connectivity index (χ0) is 20.3. The fraction of sp³-hybridized carbons (Fsp3) is 0.304. The van der Waals surface area contributed by atoms with Crippen LogP contribution in [0, 0.1) is 13.8 Å². The van der Waals surface area contributed by atoms with Gasteiger partial charge in [-0.15, -0.1) is 0 Å². The molecule has 0 aliphatic rings. The van der Waals surface area contributed by atoms with Crippen molar-refractivity contribution in [1.29, 1.82) is 0 Å². The third-order valence-corrected chi connectivity index (χ3v) is 4.78. The van der Waals surface area contributed by atoms with Gasteiger partial charge in [0.25, 0.3) is 0 Å². The molecule has 5 nitrogen and oxygen atoms in total. The number of rotatable bonds is 7. The lowest BCUT2D eigenvalue weighted by Crippen LogP contribution is -2.29. The first-order valence-corrected chi connectivity index (χ1v) is 9.49. The largest absolute Gasteiger partial charge is 0.491 e. The summed E-state index contributed by atoms with van der Waals surface area (Å²) in [7, 11) is 0. The van der Waals surface area contributed by atoms with Crippen LogP contribution >= 0.6 is 0 Å². The third kappa shape index (κ3) is 4.09. The second-order valence-electron chi connectivity index (χ2n) is 7.16. The molecule has 0 radical (unpaired) electrons. The van der Waals surface area contributed by atoms with Crippen molar-refractivity contribution in [3.05, 3.63) is 71.6 Å². The van der Waals surface area contributed by atoms with E-state index in [9.17, 15) is 4.79 Å². The summed E-state index contributed by atoms with van der Waals surface area (Å²) in [6, 6.07) is 13.9. The fourth-order valence-corrected chi connectivity index (χ4v) is 3.31. The van der Waals surface area contributed by atoms with Crippen LogP contribution in [0.5, 0.6) is 5.75 Å². The second kappa shape index (κ2) is 8.30. The molecule has 0 saturated heterocycles. The number of hydrogen-bond acceptors (Lipinski definition) is 3. The topological polar surface area (TPSA) is 56.2 Å². The Morgan fingerprint density at radius 2 is 1.86 bits per heavy atom. The molecule has 0 aliphatic heterocycles. The normalized spacial score (nSPS) is 12.0. The molecule has 1 heterocycles. The van der Waals surface area contributed by atoms with E-state index in [0.29, 0.717) is 18.7 Å². The lowest BCUT2D eigenvalue weighted by Gasteiger charge is -2.17. The molecule has 146 valence electrons. The van der Waals surface area contributed by atoms with Crippen LogP contribution in [0.2, 0.25) is 0 Å². The highest BCUT2D eigenvalue weighted by molar-refractivity contribution is 5.92. The molecule has 1 atom stereocenters. The quantitative estimate of drug-likeness (QED) is 0.618. The lowest BCUT2D eigenvalue weighted by molar-refractivity contribution is -0.118. The molecule has 1 aromatic heterocycles. The Labute approximate surface area is 166 Å². The molecule has 0 aliphatic carbocycles. The highest BCUT2D eigenvalue weighted by Gasteiger charge is 2.18. The van der Waals surface area contributed by atoms with Crippen LogP contribution in [0.3, 0.4) is 0 Å². The van der Waals surface area contributed by atoms with Crippen LogP contribution in [0.25, 0.3) is 11.0 Å². The first kappa shape index (κ1) is 19.7. The fourth-order valence-electron chi connectivity index (χ4n) is 3.31. The molecule has 1 N–H and O–H groups in total. The van der Waals surface area contributed by atoms with Gasteiger partial charge >= 0.3 is 0 Å². The average Bonchev–Trinajstić information content (AvgIpc) is 3.03. The highest BCUT2D eigenvalue weighted by atomic mass is 16.5. The van der Waals surface area contributed by atoms with Crippen molar-refractivity contribution in [3.63, 3.8) is 0 Å². The zero-order valence-corrected chi connectivity index (χ0v) is 17.0. The van der Waals surface area contributed by atoms with Crippen molar-refractivity contribution in [2.45, 2.75) is 40.3 Å². The molecule has 0 fully saturated rings. The molecule has 0 spiro atoms. The van der Waals surface area contributed by atoms with Gasteiger partial charge in [0.2, 0.25) is 5.91 Å². The maximum Gasteiger partial charge on any atom is 0.246 e. The molecular weight excluding hydrogens is 350 g/mol. The Hall–Kier alpha value is -3.08. The number of aromatic nitrogens is 2. The predicted molar refractivity (Wildman–Crippen MR) is 113 cm³/mol. The minimum atomic E-state index is -0.239. The van der Waals surface area contributed by atoms with Gasteiger partial charge < -0.3 is 14.6 Å². The van der Waals surface area contributed by atoms with Crippen molar-refractivity contribution in [1.82, 2.24) is 14.9 Å². The van der Waals surface area contributed by atoms with E-state index in [1.165, 1.54) is 0 Å². The Bertz CT molecular complexity index is 1000. The summed E-state index contributed by atoms with van der Waals surface area (Å²) in [5.41, 5.74) is 4.66. The van der Waals surface area contributed by atoms with Crippen LogP contribution in [0.4, 0.5) is 0 Å². The van der Waals surface area contributed by atoms with Crippen LogP contribution < -0.4 is 10.1 Å². The molecule has 3 rings (SSSR count). The maximum absolute atomic E-state index is 12.1. The number of aryl methyl sites for hydroxylation is 2. The van der Waals surface area contributed by atoms with Gasteiger partial charge in [-0.2, -0.15) is 0 Å². The van der Waals surface area contributed by atoms with Gasteiger partial charge in [0, 0.05) is 5.57 Å². The van der Waals surface area contributed by atoms with Crippen molar-refractivity contribution in [2.75, 3.05) is 6.61 Å². The molecule has 0 bridgehead atoms. The Morgan fingerprint density at radius 3 is 2.54 bits per heavy atom. The minimum absolute atomic E-state index is 0.169. The molecule has 1 amide bonds. The maximum atomic E-state index is 12.1. The summed E-state index contributed by atoms with van der Waals surface area (Å²) in [4.78, 5) is 16.8. The number of hydrogen-bond donors (Lipinski definition) is 1. The van der Waals surface area contributed by atoms with Crippen LogP contribution in [0.1, 0.15) is 36.8 Å². The van der Waals surface area contributed by atoms with E-state index in [4.69, 9.17) is 9.72 Å². The monoisotopic (exact) mass is 377 g/mol. The van der Waals surface area contributed by atoms with Crippen molar-refractivity contribution >= 4 is 16.9 Å². The van der Waals surface area contributed by atoms with Gasteiger partial charge in [-0.25, -0.2) is 4.98 Å². The van der Waals surface area contributed by atoms with Crippen molar-refractivity contribution in [2.24, 2.45) is 0 Å². The molecule has 1 unspecified atom stereocenters. The van der Waals surface area contributed by atoms with Gasteiger partial charge in [-0.3, -0.25) is 4.79 Å². The lowest BCUT2D eigenvalue weighted by atomic mass is 10.1. The number of imidazole rings is 1. The van der Waals surface area contributed by atoms with Gasteiger partial charge in [0.05, 0.1) is 23.6 Å². The number of carbonyl (C=O) groups excluding carboxylic acids is 1. The number of para-hydroxylation sites is 3. The number of benzene rings is 2. The number of carbonyl (C=O) groups is 1. The summed E-state index contributed by atoms with van der Waals surface area (Å²) in [6.07, 6.45) is 0. The molecule has 3 aromatic rings. The first-order chi connectivity index (χ1) is 13.4. The summed E-state index contributed by atoms with van der Waals surface area (Å²) >= 11 is 0. The highest BCUT2D eigenvalue weighted by Crippen LogP contribution is 2.24. The number of nitrogens with one attached hydrogen (secondary N) is 1. The number of fused-ring (bicyclic) bond motifs is 1. The molecule has 2 aromatic carbocycles. The number of ether oxygens (including phenoxy) is 1. The first-order valence-electron chi connectivity index (χ1n) is 9.49. The van der Waals surface area contributed by atoms with Crippen molar-refractivity contribution < 1.29 is 9.53 Å². The van der Waals surface area contributed by atoms with E-state index in [-0.39, 0.29) is 11.9 Å². The van der Waals surface area contributed by atoms with Crippen LogP contribution in [0.15, 0.2) is 54.6 Å². The molecule has 28 heavy (non-hydrogen) atoms. The second-order valence-corrected chi connectivity index (χ2v) is 7.16. The van der Waals surface area contributed by atoms with Gasteiger partial charge in [-0.05, 0) is 51.0 Å². The SMILES string of the molecule is C=C(C)C(=O)NC(C)c1nc2ccccc2n1CCOc1c(C)cccc1C. The summed E-state index contributed by atoms with van der Waals surface area (Å²) in [5.74, 6) is 1.57. The molecule has 5 heteroatoms. The summed E-state index contributed by atoms with van der Waals surface area (Å²) in [6.45, 7) is 12.6. The standard InChI is InChI=1S/C23H27N3O2/c1-15(2)23(27)24-18(5)22-25-19-11-6-7-12-20(19)26(22)13-14-28-21-16(3)9-8-10-17(21)4/h6-12,18H,1,13-14H2,2-5H3,(H,24,27). The summed E-state index contributed by atoms with van der Waals surface area (Å²) in [5, 5.41) is 2.96. The Kier molecular flexibility index (Phi) is 5.83. The average molecular weight is 377 g/mol. The van der Waals surface area contributed by atoms with Crippen LogP contribution in [-0.2, 0) is 11.3 Å². The Morgan fingerprint density at radius 1 is 1.18 bits per heavy atom. The van der Waals surface area contributed by atoms with E-state index in [1.54, 1.807) is 6.92 Å². The zero-order valence-electron chi connectivity index (χ0n) is 17.0. The van der Waals surface area contributed by atoms with Gasteiger partial charge in [-0.1, -0.05) is 36.9 Å². The summed E-state index contributed by atoms with van der Waals surface area (Å²) < 4.78 is 8.21. The number of amides is 1. The third-order valence-electron chi connectivity index (χ3n) is 4.78. The van der Waals surface area contributed by atoms with E-state index in [2.05, 4.69) is 42.4 Å². The predicted octanol–water partition coefficient (Wildman–Crippen LogP) is 4.49. The van der Waals surface area contributed by atoms with E-state index < -0.39 is 0 Å². The van der Waals surface area contributed by atoms with Crippen molar-refractivity contribution in [3.8, 4) is 5.75 Å². The van der Waals surface area contributed by atoms with Gasteiger partial charge in [0.15, 0.2) is 0 Å². The Balaban J connectivity index is 1.84. The number of nitrogens with zero attached hydrogens (tertiary/aromatic N) is 2.